The standard InChI is InChI=1S/C8H4BF3NO2/c10-9(11,12)4-1-2-5-6(3-4)8(15)13-7(5)14/h1-3H,(H,13,14,15)/q-1. The van der Waals surface area contributed by atoms with Gasteiger partial charge < -0.3 is 12.9 Å². The molecule has 2 amide bonds. The van der Waals surface area contributed by atoms with Gasteiger partial charge in [-0.15, -0.1) is 5.46 Å². The zero-order valence-corrected chi connectivity index (χ0v) is 7.26. The number of nitrogens with one attached hydrogen (secondary N) is 1. The third kappa shape index (κ3) is 1.49. The molecule has 1 aliphatic rings. The Morgan fingerprint density at radius 2 is 1.60 bits per heavy atom. The number of amides is 2. The molecule has 78 valence electrons. The largest absolute Gasteiger partial charge is 0.509 e. The van der Waals surface area contributed by atoms with Gasteiger partial charge in [0, 0.05) is 5.56 Å². The molecule has 0 atom stereocenters. The van der Waals surface area contributed by atoms with Gasteiger partial charge >= 0.3 is 6.98 Å². The van der Waals surface area contributed by atoms with Crippen molar-refractivity contribution in [3.63, 3.8) is 0 Å². The number of benzene rings is 1. The van der Waals surface area contributed by atoms with Crippen molar-refractivity contribution in [1.29, 1.82) is 0 Å². The van der Waals surface area contributed by atoms with Crippen LogP contribution in [-0.2, 0) is 0 Å². The van der Waals surface area contributed by atoms with E-state index in [1.54, 1.807) is 0 Å². The van der Waals surface area contributed by atoms with Crippen molar-refractivity contribution < 1.29 is 22.5 Å². The summed E-state index contributed by atoms with van der Waals surface area (Å²) in [4.78, 5) is 22.1. The van der Waals surface area contributed by atoms with Crippen LogP contribution in [0.1, 0.15) is 20.7 Å². The highest BCUT2D eigenvalue weighted by atomic mass is 19.4. The van der Waals surface area contributed by atoms with E-state index in [2.05, 4.69) is 0 Å². The van der Waals surface area contributed by atoms with E-state index in [4.69, 9.17) is 0 Å². The molecule has 1 aromatic carbocycles. The first-order chi connectivity index (χ1) is 6.89. The van der Waals surface area contributed by atoms with Crippen LogP contribution < -0.4 is 10.8 Å². The Hall–Kier alpha value is -1.79. The summed E-state index contributed by atoms with van der Waals surface area (Å²) in [5, 5.41) is 1.92. The molecule has 3 nitrogen and oxygen atoms in total. The minimum Gasteiger partial charge on any atom is -0.445 e. The van der Waals surface area contributed by atoms with Crippen LogP contribution in [0.3, 0.4) is 0 Å². The number of halogens is 3. The molecule has 1 aliphatic heterocycles. The van der Waals surface area contributed by atoms with Crippen LogP contribution in [0.25, 0.3) is 0 Å². The monoisotopic (exact) mass is 214 g/mol. The molecule has 0 unspecified atom stereocenters. The molecule has 7 heteroatoms. The van der Waals surface area contributed by atoms with E-state index in [9.17, 15) is 22.5 Å². The topological polar surface area (TPSA) is 46.2 Å². The van der Waals surface area contributed by atoms with Crippen LogP contribution >= 0.6 is 0 Å². The van der Waals surface area contributed by atoms with Gasteiger partial charge in [-0.3, -0.25) is 14.9 Å². The number of carbonyl (C=O) groups excluding carboxylic acids is 2. The molecule has 0 radical (unpaired) electrons. The maximum absolute atomic E-state index is 12.3. The minimum absolute atomic E-state index is 0.0104. The minimum atomic E-state index is -5.15. The molecule has 0 aliphatic carbocycles. The lowest BCUT2D eigenvalue weighted by Gasteiger charge is -2.14. The van der Waals surface area contributed by atoms with Crippen molar-refractivity contribution >= 4 is 24.3 Å². The second-order valence-electron chi connectivity index (χ2n) is 3.16. The number of rotatable bonds is 1. The lowest BCUT2D eigenvalue weighted by molar-refractivity contribution is 0.0879. The number of hydrogen-bond acceptors (Lipinski definition) is 2. The van der Waals surface area contributed by atoms with Gasteiger partial charge in [0.05, 0.1) is 5.56 Å². The number of imide groups is 1. The van der Waals surface area contributed by atoms with Gasteiger partial charge in [0.2, 0.25) is 0 Å². The van der Waals surface area contributed by atoms with Crippen molar-refractivity contribution in [2.24, 2.45) is 0 Å². The molecule has 0 spiro atoms. The van der Waals surface area contributed by atoms with Crippen molar-refractivity contribution in [3.8, 4) is 0 Å². The van der Waals surface area contributed by atoms with E-state index in [0.29, 0.717) is 6.07 Å². The van der Waals surface area contributed by atoms with Crippen molar-refractivity contribution in [1.82, 2.24) is 5.32 Å². The normalized spacial score (nSPS) is 15.1. The highest BCUT2D eigenvalue weighted by molar-refractivity contribution is 6.73. The maximum atomic E-state index is 12.3. The second kappa shape index (κ2) is 2.85. The van der Waals surface area contributed by atoms with Crippen molar-refractivity contribution in [3.05, 3.63) is 29.3 Å². The fourth-order valence-electron chi connectivity index (χ4n) is 1.39. The molecule has 1 N–H and O–H groups in total. The van der Waals surface area contributed by atoms with Gasteiger partial charge in [-0.25, -0.2) is 0 Å². The number of carbonyl (C=O) groups is 2. The fraction of sp³-hybridized carbons (Fsp3) is 0. The lowest BCUT2D eigenvalue weighted by atomic mass is 9.79. The highest BCUT2D eigenvalue weighted by Gasteiger charge is 2.31. The van der Waals surface area contributed by atoms with Crippen LogP contribution in [0, 0.1) is 0 Å². The van der Waals surface area contributed by atoms with Gasteiger partial charge in [-0.1, -0.05) is 18.2 Å². The van der Waals surface area contributed by atoms with Gasteiger partial charge in [0.15, 0.2) is 0 Å². The van der Waals surface area contributed by atoms with Gasteiger partial charge in [-0.2, -0.15) is 0 Å². The van der Waals surface area contributed by atoms with Crippen molar-refractivity contribution in [2.75, 3.05) is 0 Å². The predicted octanol–water partition coefficient (Wildman–Crippen LogP) is 0.625. The van der Waals surface area contributed by atoms with Crippen LogP contribution in [-0.4, -0.2) is 18.8 Å². The van der Waals surface area contributed by atoms with Crippen LogP contribution in [0.5, 0.6) is 0 Å². The lowest BCUT2D eigenvalue weighted by Crippen LogP contribution is -2.34. The summed E-state index contributed by atoms with van der Waals surface area (Å²) in [7, 11) is 0. The summed E-state index contributed by atoms with van der Waals surface area (Å²) in [6.07, 6.45) is 0. The molecular weight excluding hydrogens is 210 g/mol. The number of hydrogen-bond donors (Lipinski definition) is 1. The summed E-state index contributed by atoms with van der Waals surface area (Å²) in [6, 6.07) is 2.52. The Morgan fingerprint density at radius 3 is 2.20 bits per heavy atom. The summed E-state index contributed by atoms with van der Waals surface area (Å²) in [5.74, 6) is -1.44. The first kappa shape index (κ1) is 9.76. The molecule has 1 aromatic rings. The Labute approximate surface area is 82.3 Å². The fourth-order valence-corrected chi connectivity index (χ4v) is 1.39. The Kier molecular flexibility index (Phi) is 1.85. The molecule has 0 bridgehead atoms. The van der Waals surface area contributed by atoms with Crippen LogP contribution in [0.2, 0.25) is 0 Å². The second-order valence-corrected chi connectivity index (χ2v) is 3.16. The molecule has 2 rings (SSSR count). The summed E-state index contributed by atoms with van der Waals surface area (Å²) < 4.78 is 37.0. The molecule has 1 heterocycles. The summed E-state index contributed by atoms with van der Waals surface area (Å²) in [6.45, 7) is -5.15. The molecule has 0 saturated carbocycles. The predicted molar refractivity (Wildman–Crippen MR) is 47.0 cm³/mol. The average molecular weight is 214 g/mol. The first-order valence-corrected chi connectivity index (χ1v) is 4.09. The smallest absolute Gasteiger partial charge is 0.445 e. The Balaban J connectivity index is 2.57. The van der Waals surface area contributed by atoms with Crippen molar-refractivity contribution in [2.45, 2.75) is 0 Å². The zero-order valence-electron chi connectivity index (χ0n) is 7.26. The molecule has 0 saturated heterocycles. The third-order valence-corrected chi connectivity index (χ3v) is 2.14. The van der Waals surface area contributed by atoms with E-state index in [0.717, 1.165) is 12.1 Å². The maximum Gasteiger partial charge on any atom is 0.509 e. The first-order valence-electron chi connectivity index (χ1n) is 4.09. The zero-order chi connectivity index (χ0) is 11.2. The molecular formula is C8H4BF3NO2-. The molecule has 0 fully saturated rings. The van der Waals surface area contributed by atoms with E-state index in [1.807, 2.05) is 5.32 Å². The van der Waals surface area contributed by atoms with Gasteiger partial charge in [0.1, 0.15) is 0 Å². The van der Waals surface area contributed by atoms with E-state index < -0.39 is 24.3 Å². The quantitative estimate of drug-likeness (QED) is 0.550. The van der Waals surface area contributed by atoms with Gasteiger partial charge in [-0.05, 0) is 0 Å². The van der Waals surface area contributed by atoms with Crippen LogP contribution in [0.4, 0.5) is 12.9 Å². The van der Waals surface area contributed by atoms with E-state index in [1.165, 1.54) is 0 Å². The average Bonchev–Trinajstić information content (AvgIpc) is 2.41. The van der Waals surface area contributed by atoms with Crippen LogP contribution in [0.15, 0.2) is 18.2 Å². The third-order valence-electron chi connectivity index (χ3n) is 2.14. The number of fused-ring (bicyclic) bond motifs is 1. The van der Waals surface area contributed by atoms with Gasteiger partial charge in [0.25, 0.3) is 11.8 Å². The molecule has 15 heavy (non-hydrogen) atoms. The molecule has 0 aromatic heterocycles. The summed E-state index contributed by atoms with van der Waals surface area (Å²) >= 11 is 0. The Morgan fingerprint density at radius 1 is 1.00 bits per heavy atom. The van der Waals surface area contributed by atoms with E-state index >= 15 is 0 Å². The highest BCUT2D eigenvalue weighted by Crippen LogP contribution is 2.17. The Bertz CT molecular complexity index is 469. The SMILES string of the molecule is O=C1NC(=O)c2cc([B-](F)(F)F)ccc21. The summed E-state index contributed by atoms with van der Waals surface area (Å²) in [5.41, 5.74) is -1.10. The van der Waals surface area contributed by atoms with E-state index in [-0.39, 0.29) is 11.1 Å².